The molecule has 34 heavy (non-hydrogen) atoms. The summed E-state index contributed by atoms with van der Waals surface area (Å²) in [6.07, 6.45) is -3.29. The quantitative estimate of drug-likeness (QED) is 0.311. The largest absolute Gasteiger partial charge is 0.573 e. The Bertz CT molecular complexity index is 1130. The molecule has 2 N–H and O–H groups in total. The molecule has 2 heterocycles. The van der Waals surface area contributed by atoms with E-state index in [0.717, 1.165) is 18.2 Å². The van der Waals surface area contributed by atoms with Crippen LogP contribution >= 0.6 is 0 Å². The molecule has 0 saturated heterocycles. The summed E-state index contributed by atoms with van der Waals surface area (Å²) in [6.45, 7) is -0.489. The third-order valence-corrected chi connectivity index (χ3v) is 4.26. The number of nitrogens with one attached hydrogen (secondary N) is 2. The van der Waals surface area contributed by atoms with Crippen molar-refractivity contribution >= 4 is 18.1 Å². The van der Waals surface area contributed by atoms with Gasteiger partial charge in [0.05, 0.1) is 18.9 Å². The fourth-order valence-corrected chi connectivity index (χ4v) is 2.74. The molecular weight excluding hydrogens is 471 g/mol. The molecule has 3 rings (SSSR count). The lowest BCUT2D eigenvalue weighted by Crippen LogP contribution is -2.24. The molecule has 0 fully saturated rings. The number of aromatic nitrogens is 6. The lowest BCUT2D eigenvalue weighted by atomic mass is 10.2. The zero-order valence-corrected chi connectivity index (χ0v) is 17.2. The predicted octanol–water partition coefficient (Wildman–Crippen LogP) is 1.83. The molecule has 0 saturated carbocycles. The summed E-state index contributed by atoms with van der Waals surface area (Å²) in [5, 5.41) is 19.2. The maximum Gasteiger partial charge on any atom is 0.573 e. The number of rotatable bonds is 11. The Labute approximate surface area is 187 Å². The summed E-state index contributed by atoms with van der Waals surface area (Å²) in [7, 11) is 0. The van der Waals surface area contributed by atoms with Crippen LogP contribution in [0.25, 0.3) is 0 Å². The predicted molar refractivity (Wildman–Crippen MR) is 103 cm³/mol. The molecule has 2 amide bonds. The number of carbonyl (C=O) groups is 2. The van der Waals surface area contributed by atoms with Gasteiger partial charge in [0, 0.05) is 25.1 Å². The average Bonchev–Trinajstić information content (AvgIpc) is 3.41. The Balaban J connectivity index is 1.49. The van der Waals surface area contributed by atoms with Gasteiger partial charge in [-0.05, 0) is 18.2 Å². The molecule has 1 atom stereocenters. The van der Waals surface area contributed by atoms with Crippen molar-refractivity contribution in [2.45, 2.75) is 38.6 Å². The number of hydrogen-bond acceptors (Lipinski definition) is 7. The summed E-state index contributed by atoms with van der Waals surface area (Å²) >= 11 is 0. The Kier molecular flexibility index (Phi) is 7.70. The molecule has 0 radical (unpaired) electrons. The van der Waals surface area contributed by atoms with Gasteiger partial charge in [0.15, 0.2) is 11.5 Å². The number of alkyl halides is 4. The molecule has 0 aliphatic heterocycles. The van der Waals surface area contributed by atoms with Crippen LogP contribution in [0.5, 0.6) is 5.75 Å². The standard InChI is InChI=1S/C18H17F5N8O3/c19-12(7-31-9-16(25-10-32)27-29-31)3-4-30-8-15(26-28-30)17(33)24-6-11-5-13(1-2-14(11)20)34-18(21,22)23/h1-2,5,8-10,12H,3-4,6-7H2,(H,24,33)(H,25,32). The number of aryl methyl sites for hydroxylation is 1. The van der Waals surface area contributed by atoms with E-state index in [-0.39, 0.29) is 36.6 Å². The van der Waals surface area contributed by atoms with Gasteiger partial charge in [-0.3, -0.25) is 14.3 Å². The highest BCUT2D eigenvalue weighted by Gasteiger charge is 2.31. The molecule has 182 valence electrons. The highest BCUT2D eigenvalue weighted by atomic mass is 19.4. The van der Waals surface area contributed by atoms with E-state index < -0.39 is 36.6 Å². The number of anilines is 1. The van der Waals surface area contributed by atoms with Crippen molar-refractivity contribution in [3.63, 3.8) is 0 Å². The van der Waals surface area contributed by atoms with Crippen molar-refractivity contribution in [1.29, 1.82) is 0 Å². The van der Waals surface area contributed by atoms with E-state index in [1.54, 1.807) is 0 Å². The molecule has 16 heteroatoms. The second-order valence-corrected chi connectivity index (χ2v) is 6.82. The van der Waals surface area contributed by atoms with Gasteiger partial charge < -0.3 is 15.4 Å². The van der Waals surface area contributed by atoms with Gasteiger partial charge in [-0.15, -0.1) is 23.4 Å². The monoisotopic (exact) mass is 488 g/mol. The van der Waals surface area contributed by atoms with Crippen LogP contribution in [0.2, 0.25) is 0 Å². The van der Waals surface area contributed by atoms with Gasteiger partial charge in [0.25, 0.3) is 5.91 Å². The van der Waals surface area contributed by atoms with E-state index in [9.17, 15) is 31.5 Å². The summed E-state index contributed by atoms with van der Waals surface area (Å²) < 4.78 is 71.1. The number of benzene rings is 1. The average molecular weight is 488 g/mol. The minimum Gasteiger partial charge on any atom is -0.406 e. The van der Waals surface area contributed by atoms with E-state index >= 15 is 0 Å². The zero-order valence-electron chi connectivity index (χ0n) is 17.2. The number of halogens is 5. The van der Waals surface area contributed by atoms with Gasteiger partial charge in [-0.25, -0.2) is 13.5 Å². The topological polar surface area (TPSA) is 129 Å². The third-order valence-electron chi connectivity index (χ3n) is 4.26. The van der Waals surface area contributed by atoms with Crippen LogP contribution in [0.1, 0.15) is 22.5 Å². The summed E-state index contributed by atoms with van der Waals surface area (Å²) in [6, 6.07) is 2.40. The van der Waals surface area contributed by atoms with Crippen molar-refractivity contribution in [2.75, 3.05) is 5.32 Å². The van der Waals surface area contributed by atoms with Crippen molar-refractivity contribution in [3.05, 3.63) is 47.7 Å². The van der Waals surface area contributed by atoms with Gasteiger partial charge in [-0.1, -0.05) is 10.4 Å². The molecular formula is C18H17F5N8O3. The first kappa shape index (κ1) is 24.5. The normalized spacial score (nSPS) is 12.3. The van der Waals surface area contributed by atoms with Crippen molar-refractivity contribution in [2.24, 2.45) is 0 Å². The smallest absolute Gasteiger partial charge is 0.406 e. The number of carbonyl (C=O) groups excluding carboxylic acids is 2. The molecule has 0 bridgehead atoms. The van der Waals surface area contributed by atoms with Crippen LogP contribution in [0.4, 0.5) is 27.8 Å². The van der Waals surface area contributed by atoms with Crippen LogP contribution in [-0.2, 0) is 24.4 Å². The van der Waals surface area contributed by atoms with E-state index in [0.29, 0.717) is 6.41 Å². The molecule has 2 aromatic heterocycles. The molecule has 11 nitrogen and oxygen atoms in total. The lowest BCUT2D eigenvalue weighted by molar-refractivity contribution is -0.274. The van der Waals surface area contributed by atoms with Crippen LogP contribution in [-0.4, -0.2) is 54.8 Å². The van der Waals surface area contributed by atoms with Crippen molar-refractivity contribution in [3.8, 4) is 5.75 Å². The molecule has 0 aliphatic carbocycles. The second-order valence-electron chi connectivity index (χ2n) is 6.82. The number of amides is 2. The van der Waals surface area contributed by atoms with Gasteiger partial charge in [-0.2, -0.15) is 0 Å². The van der Waals surface area contributed by atoms with Crippen LogP contribution in [0.3, 0.4) is 0 Å². The number of ether oxygens (including phenoxy) is 1. The molecule has 0 aliphatic rings. The molecule has 1 unspecified atom stereocenters. The Hall–Kier alpha value is -4.11. The highest BCUT2D eigenvalue weighted by Crippen LogP contribution is 2.24. The summed E-state index contributed by atoms with van der Waals surface area (Å²) in [4.78, 5) is 22.5. The number of hydrogen-bond donors (Lipinski definition) is 2. The SMILES string of the molecule is O=CNc1cn(CC(F)CCn2cc(C(=O)NCc3cc(OC(F)(F)F)ccc3F)nn2)nn1. The minimum absolute atomic E-state index is 0.00205. The van der Waals surface area contributed by atoms with E-state index in [4.69, 9.17) is 0 Å². The van der Waals surface area contributed by atoms with E-state index in [1.165, 1.54) is 21.8 Å². The van der Waals surface area contributed by atoms with Crippen molar-refractivity contribution in [1.82, 2.24) is 35.3 Å². The Morgan fingerprint density at radius 2 is 1.94 bits per heavy atom. The second kappa shape index (κ2) is 10.7. The molecule has 0 spiro atoms. The Morgan fingerprint density at radius 3 is 2.68 bits per heavy atom. The van der Waals surface area contributed by atoms with E-state index in [1.807, 2.05) is 0 Å². The maximum atomic E-state index is 14.2. The first-order chi connectivity index (χ1) is 16.1. The van der Waals surface area contributed by atoms with Crippen LogP contribution in [0.15, 0.2) is 30.6 Å². The summed E-state index contributed by atoms with van der Waals surface area (Å²) in [5.74, 6) is -2.06. The fraction of sp³-hybridized carbons (Fsp3) is 0.333. The fourth-order valence-electron chi connectivity index (χ4n) is 2.74. The Morgan fingerprint density at radius 1 is 1.18 bits per heavy atom. The van der Waals surface area contributed by atoms with E-state index in [2.05, 4.69) is 36.0 Å². The molecule has 1 aromatic carbocycles. The molecule has 3 aromatic rings. The van der Waals surface area contributed by atoms with Crippen molar-refractivity contribution < 1.29 is 36.3 Å². The van der Waals surface area contributed by atoms with Gasteiger partial charge >= 0.3 is 6.36 Å². The third kappa shape index (κ3) is 7.21. The van der Waals surface area contributed by atoms with Crippen LogP contribution < -0.4 is 15.4 Å². The maximum absolute atomic E-state index is 14.2. The minimum atomic E-state index is -4.94. The number of nitrogens with zero attached hydrogens (tertiary/aromatic N) is 6. The lowest BCUT2D eigenvalue weighted by Gasteiger charge is -2.11. The zero-order chi connectivity index (χ0) is 24.7. The summed E-state index contributed by atoms with van der Waals surface area (Å²) in [5.41, 5.74) is -0.387. The van der Waals surface area contributed by atoms with Gasteiger partial charge in [0.1, 0.15) is 17.7 Å². The van der Waals surface area contributed by atoms with Crippen LogP contribution in [0, 0.1) is 5.82 Å². The highest BCUT2D eigenvalue weighted by molar-refractivity contribution is 5.91. The first-order valence-electron chi connectivity index (χ1n) is 9.60. The first-order valence-corrected chi connectivity index (χ1v) is 9.60. The van der Waals surface area contributed by atoms with Gasteiger partial charge in [0.2, 0.25) is 6.41 Å².